The maximum atomic E-state index is 13.8. The Kier molecular flexibility index (Phi) is 6.31. The van der Waals surface area contributed by atoms with Crippen molar-refractivity contribution in [2.45, 2.75) is 0 Å². The Morgan fingerprint density at radius 3 is 2.17 bits per heavy atom. The quantitative estimate of drug-likeness (QED) is 0.457. The van der Waals surface area contributed by atoms with E-state index in [9.17, 15) is 27.2 Å². The SMILES string of the molecule is O=C(COc1ccccc1C(=O)Nc1cc(F)c(F)cc1F)Nc1ccccc1F. The summed E-state index contributed by atoms with van der Waals surface area (Å²) in [4.78, 5) is 24.4. The van der Waals surface area contributed by atoms with Gasteiger partial charge in [0.25, 0.3) is 11.8 Å². The lowest BCUT2D eigenvalue weighted by atomic mass is 10.1. The van der Waals surface area contributed by atoms with Gasteiger partial charge in [0.2, 0.25) is 0 Å². The molecule has 0 spiro atoms. The van der Waals surface area contributed by atoms with E-state index in [1.165, 1.54) is 48.5 Å². The first-order valence-electron chi connectivity index (χ1n) is 8.57. The zero-order valence-electron chi connectivity index (χ0n) is 15.2. The van der Waals surface area contributed by atoms with Crippen molar-refractivity contribution in [3.63, 3.8) is 0 Å². The fourth-order valence-electron chi connectivity index (χ4n) is 2.48. The summed E-state index contributed by atoms with van der Waals surface area (Å²) < 4.78 is 59.0. The van der Waals surface area contributed by atoms with Crippen LogP contribution in [0.1, 0.15) is 10.4 Å². The highest BCUT2D eigenvalue weighted by Crippen LogP contribution is 2.23. The predicted molar refractivity (Wildman–Crippen MR) is 101 cm³/mol. The molecule has 0 fully saturated rings. The van der Waals surface area contributed by atoms with Crippen LogP contribution in [0.3, 0.4) is 0 Å². The van der Waals surface area contributed by atoms with Gasteiger partial charge in [-0.25, -0.2) is 17.6 Å². The summed E-state index contributed by atoms with van der Waals surface area (Å²) in [5.41, 5.74) is -0.683. The van der Waals surface area contributed by atoms with Crippen molar-refractivity contribution < 1.29 is 31.9 Å². The molecule has 5 nitrogen and oxygen atoms in total. The molecule has 3 aromatic rings. The van der Waals surface area contributed by atoms with E-state index in [0.717, 1.165) is 0 Å². The Labute approximate surface area is 168 Å². The molecule has 0 atom stereocenters. The molecule has 0 aromatic heterocycles. The second-order valence-electron chi connectivity index (χ2n) is 6.01. The molecule has 30 heavy (non-hydrogen) atoms. The van der Waals surface area contributed by atoms with Gasteiger partial charge in [-0.3, -0.25) is 9.59 Å². The number of hydrogen-bond donors (Lipinski definition) is 2. The first-order chi connectivity index (χ1) is 14.3. The molecule has 0 saturated carbocycles. The second-order valence-corrected chi connectivity index (χ2v) is 6.01. The zero-order valence-corrected chi connectivity index (χ0v) is 15.2. The smallest absolute Gasteiger partial charge is 0.262 e. The van der Waals surface area contributed by atoms with Crippen LogP contribution < -0.4 is 15.4 Å². The summed E-state index contributed by atoms with van der Waals surface area (Å²) >= 11 is 0. The minimum absolute atomic E-state index is 0.0262. The summed E-state index contributed by atoms with van der Waals surface area (Å²) in [6.07, 6.45) is 0. The highest BCUT2D eigenvalue weighted by Gasteiger charge is 2.17. The topological polar surface area (TPSA) is 67.4 Å². The van der Waals surface area contributed by atoms with Crippen molar-refractivity contribution in [1.82, 2.24) is 0 Å². The number of carbonyl (C=O) groups excluding carboxylic acids is 2. The predicted octanol–water partition coefficient (Wildman–Crippen LogP) is 4.51. The molecular formula is C21H14F4N2O3. The molecule has 0 unspecified atom stereocenters. The van der Waals surface area contributed by atoms with E-state index in [2.05, 4.69) is 10.6 Å². The molecule has 2 amide bonds. The Morgan fingerprint density at radius 1 is 0.733 bits per heavy atom. The standard InChI is InChI=1S/C21H14F4N2O3/c22-13-6-2-3-7-17(13)26-20(28)11-30-19-8-4-1-5-12(19)21(29)27-18-10-15(24)14(23)9-16(18)25/h1-10H,11H2,(H,26,28)(H,27,29). The molecule has 0 aliphatic rings. The number of rotatable bonds is 6. The van der Waals surface area contributed by atoms with Crippen LogP contribution in [-0.4, -0.2) is 18.4 Å². The van der Waals surface area contributed by atoms with Crippen LogP contribution in [0.15, 0.2) is 60.7 Å². The van der Waals surface area contributed by atoms with Gasteiger partial charge < -0.3 is 15.4 Å². The van der Waals surface area contributed by atoms with Gasteiger partial charge in [0.15, 0.2) is 18.2 Å². The van der Waals surface area contributed by atoms with Gasteiger partial charge in [-0.1, -0.05) is 24.3 Å². The van der Waals surface area contributed by atoms with Crippen LogP contribution in [0.25, 0.3) is 0 Å². The second kappa shape index (κ2) is 9.08. The number of carbonyl (C=O) groups is 2. The van der Waals surface area contributed by atoms with Gasteiger partial charge in [-0.2, -0.15) is 0 Å². The first-order valence-corrected chi connectivity index (χ1v) is 8.57. The Morgan fingerprint density at radius 2 is 1.40 bits per heavy atom. The third kappa shape index (κ3) is 4.93. The van der Waals surface area contributed by atoms with Crippen LogP contribution in [0, 0.1) is 23.3 Å². The van der Waals surface area contributed by atoms with E-state index < -0.39 is 47.4 Å². The lowest BCUT2D eigenvalue weighted by molar-refractivity contribution is -0.118. The summed E-state index contributed by atoms with van der Waals surface area (Å²) in [7, 11) is 0. The largest absolute Gasteiger partial charge is 0.483 e. The number of para-hydroxylation sites is 2. The monoisotopic (exact) mass is 418 g/mol. The van der Waals surface area contributed by atoms with Gasteiger partial charge in [0.1, 0.15) is 17.4 Å². The Hall–Kier alpha value is -3.88. The van der Waals surface area contributed by atoms with Gasteiger partial charge >= 0.3 is 0 Å². The Balaban J connectivity index is 1.70. The molecule has 0 heterocycles. The van der Waals surface area contributed by atoms with Gasteiger partial charge in [-0.05, 0) is 24.3 Å². The molecule has 3 rings (SSSR count). The third-order valence-electron chi connectivity index (χ3n) is 3.90. The number of halogens is 4. The number of benzene rings is 3. The van der Waals surface area contributed by atoms with Crippen molar-refractivity contribution in [1.29, 1.82) is 0 Å². The minimum atomic E-state index is -1.39. The third-order valence-corrected chi connectivity index (χ3v) is 3.90. The summed E-state index contributed by atoms with van der Waals surface area (Å²) in [5.74, 6) is -6.09. The average Bonchev–Trinajstić information content (AvgIpc) is 2.72. The average molecular weight is 418 g/mol. The summed E-state index contributed by atoms with van der Waals surface area (Å²) in [6.45, 7) is -0.543. The van der Waals surface area contributed by atoms with Gasteiger partial charge in [0.05, 0.1) is 16.9 Å². The zero-order chi connectivity index (χ0) is 21.7. The maximum Gasteiger partial charge on any atom is 0.262 e. The molecule has 0 aliphatic carbocycles. The molecule has 0 bridgehead atoms. The fourth-order valence-corrected chi connectivity index (χ4v) is 2.48. The van der Waals surface area contributed by atoms with E-state index in [1.54, 1.807) is 0 Å². The van der Waals surface area contributed by atoms with Crippen molar-refractivity contribution in [3.05, 3.63) is 89.5 Å². The van der Waals surface area contributed by atoms with E-state index >= 15 is 0 Å². The van der Waals surface area contributed by atoms with Crippen LogP contribution in [0.2, 0.25) is 0 Å². The number of nitrogens with one attached hydrogen (secondary N) is 2. The first kappa shape index (κ1) is 20.8. The number of anilines is 2. The van der Waals surface area contributed by atoms with Crippen LogP contribution in [0.5, 0.6) is 5.75 Å². The molecule has 0 radical (unpaired) electrons. The van der Waals surface area contributed by atoms with Crippen LogP contribution in [0.4, 0.5) is 28.9 Å². The molecule has 3 aromatic carbocycles. The molecule has 154 valence electrons. The summed E-state index contributed by atoms with van der Waals surface area (Å²) in [5, 5.41) is 4.44. The molecule has 0 aliphatic heterocycles. The van der Waals surface area contributed by atoms with Crippen molar-refractivity contribution >= 4 is 23.2 Å². The molecule has 0 saturated heterocycles. The number of hydrogen-bond acceptors (Lipinski definition) is 3. The van der Waals surface area contributed by atoms with E-state index in [4.69, 9.17) is 4.74 Å². The van der Waals surface area contributed by atoms with Crippen LogP contribution >= 0.6 is 0 Å². The lowest BCUT2D eigenvalue weighted by Gasteiger charge is -2.12. The highest BCUT2D eigenvalue weighted by molar-refractivity contribution is 6.06. The van der Waals surface area contributed by atoms with E-state index in [0.29, 0.717) is 12.1 Å². The van der Waals surface area contributed by atoms with Gasteiger partial charge in [-0.15, -0.1) is 0 Å². The number of ether oxygens (including phenoxy) is 1. The highest BCUT2D eigenvalue weighted by atomic mass is 19.2. The molecular weight excluding hydrogens is 404 g/mol. The normalized spacial score (nSPS) is 10.4. The summed E-state index contributed by atoms with van der Waals surface area (Å²) in [6, 6.07) is 12.1. The molecule has 9 heteroatoms. The van der Waals surface area contributed by atoms with Crippen molar-refractivity contribution in [2.75, 3.05) is 17.2 Å². The Bertz CT molecular complexity index is 1110. The van der Waals surface area contributed by atoms with Crippen molar-refractivity contribution in [3.8, 4) is 5.75 Å². The van der Waals surface area contributed by atoms with Crippen LogP contribution in [-0.2, 0) is 4.79 Å². The molecule has 2 N–H and O–H groups in total. The van der Waals surface area contributed by atoms with Crippen molar-refractivity contribution in [2.24, 2.45) is 0 Å². The van der Waals surface area contributed by atoms with E-state index in [-0.39, 0.29) is 17.0 Å². The lowest BCUT2D eigenvalue weighted by Crippen LogP contribution is -2.22. The van der Waals surface area contributed by atoms with Gasteiger partial charge in [0, 0.05) is 12.1 Å². The number of amides is 2. The maximum absolute atomic E-state index is 13.8. The minimum Gasteiger partial charge on any atom is -0.483 e. The fraction of sp³-hybridized carbons (Fsp3) is 0.0476. The van der Waals surface area contributed by atoms with E-state index in [1.807, 2.05) is 0 Å².